The molecule has 2 rings (SSSR count). The summed E-state index contributed by atoms with van der Waals surface area (Å²) in [6.07, 6.45) is 3.00. The van der Waals surface area contributed by atoms with E-state index in [1.807, 2.05) is 0 Å². The van der Waals surface area contributed by atoms with Gasteiger partial charge in [-0.2, -0.15) is 0 Å². The SMILES string of the molecule is NC(=O)CNC(=O)c1ccc(NC(=O)C2CCC2)cc1. The number of carbonyl (C=O) groups excluding carboxylic acids is 3. The third kappa shape index (κ3) is 3.57. The van der Waals surface area contributed by atoms with Gasteiger partial charge in [-0.3, -0.25) is 14.4 Å². The summed E-state index contributed by atoms with van der Waals surface area (Å²) in [6, 6.07) is 6.50. The molecule has 1 aromatic rings. The van der Waals surface area contributed by atoms with Gasteiger partial charge >= 0.3 is 0 Å². The van der Waals surface area contributed by atoms with Crippen molar-refractivity contribution >= 4 is 23.4 Å². The van der Waals surface area contributed by atoms with Crippen molar-refractivity contribution in [2.24, 2.45) is 11.7 Å². The first kappa shape index (κ1) is 14.0. The Morgan fingerprint density at radius 2 is 1.80 bits per heavy atom. The molecule has 106 valence electrons. The van der Waals surface area contributed by atoms with E-state index in [4.69, 9.17) is 5.73 Å². The summed E-state index contributed by atoms with van der Waals surface area (Å²) in [5, 5.41) is 5.21. The smallest absolute Gasteiger partial charge is 0.251 e. The van der Waals surface area contributed by atoms with Crippen molar-refractivity contribution in [3.05, 3.63) is 29.8 Å². The molecule has 3 amide bonds. The summed E-state index contributed by atoms with van der Waals surface area (Å²) < 4.78 is 0. The number of nitrogens with two attached hydrogens (primary N) is 1. The molecule has 1 aliphatic carbocycles. The van der Waals surface area contributed by atoms with Crippen molar-refractivity contribution in [1.82, 2.24) is 5.32 Å². The van der Waals surface area contributed by atoms with Crippen molar-refractivity contribution < 1.29 is 14.4 Å². The van der Waals surface area contributed by atoms with E-state index in [1.165, 1.54) is 0 Å². The minimum atomic E-state index is -0.595. The standard InChI is InChI=1S/C14H17N3O3/c15-12(18)8-16-13(19)10-4-6-11(7-5-10)17-14(20)9-2-1-3-9/h4-7,9H,1-3,8H2,(H2,15,18)(H,16,19)(H,17,20). The van der Waals surface area contributed by atoms with Gasteiger partial charge in [0.25, 0.3) is 5.91 Å². The molecule has 0 saturated heterocycles. The minimum absolute atomic E-state index is 0.0298. The van der Waals surface area contributed by atoms with Gasteiger partial charge in [0.1, 0.15) is 0 Å². The van der Waals surface area contributed by atoms with E-state index in [2.05, 4.69) is 10.6 Å². The molecule has 1 aromatic carbocycles. The summed E-state index contributed by atoms with van der Waals surface area (Å²) in [7, 11) is 0. The maximum Gasteiger partial charge on any atom is 0.251 e. The Balaban J connectivity index is 1.90. The van der Waals surface area contributed by atoms with Gasteiger partial charge in [-0.15, -0.1) is 0 Å². The Hall–Kier alpha value is -2.37. The van der Waals surface area contributed by atoms with Gasteiger partial charge in [0.05, 0.1) is 6.54 Å². The number of primary amides is 1. The fourth-order valence-electron chi connectivity index (χ4n) is 1.89. The van der Waals surface area contributed by atoms with Gasteiger partial charge in [0, 0.05) is 17.2 Å². The van der Waals surface area contributed by atoms with E-state index in [0.717, 1.165) is 19.3 Å². The van der Waals surface area contributed by atoms with Crippen LogP contribution < -0.4 is 16.4 Å². The summed E-state index contributed by atoms with van der Waals surface area (Å²) >= 11 is 0. The lowest BCUT2D eigenvalue weighted by Gasteiger charge is -2.24. The molecular formula is C14H17N3O3. The summed E-state index contributed by atoms with van der Waals surface area (Å²) in [4.78, 5) is 34.0. The molecule has 0 radical (unpaired) electrons. The molecule has 0 atom stereocenters. The second kappa shape index (κ2) is 6.18. The van der Waals surface area contributed by atoms with Crippen LogP contribution in [0.25, 0.3) is 0 Å². The monoisotopic (exact) mass is 275 g/mol. The first-order valence-electron chi connectivity index (χ1n) is 6.53. The molecule has 20 heavy (non-hydrogen) atoms. The van der Waals surface area contributed by atoms with Gasteiger partial charge < -0.3 is 16.4 Å². The zero-order valence-electron chi connectivity index (χ0n) is 11.0. The number of hydrogen-bond acceptors (Lipinski definition) is 3. The average Bonchev–Trinajstić information content (AvgIpc) is 2.34. The largest absolute Gasteiger partial charge is 0.368 e. The Bertz CT molecular complexity index is 521. The van der Waals surface area contributed by atoms with Gasteiger partial charge in [-0.1, -0.05) is 6.42 Å². The number of carbonyl (C=O) groups is 3. The zero-order valence-corrected chi connectivity index (χ0v) is 11.0. The van der Waals surface area contributed by atoms with Gasteiger partial charge in [0.2, 0.25) is 11.8 Å². The van der Waals surface area contributed by atoms with Crippen molar-refractivity contribution in [3.63, 3.8) is 0 Å². The predicted molar refractivity (Wildman–Crippen MR) is 73.9 cm³/mol. The van der Waals surface area contributed by atoms with Crippen LogP contribution in [0, 0.1) is 5.92 Å². The van der Waals surface area contributed by atoms with Crippen LogP contribution in [0.15, 0.2) is 24.3 Å². The molecule has 1 fully saturated rings. The highest BCUT2D eigenvalue weighted by atomic mass is 16.2. The fraction of sp³-hybridized carbons (Fsp3) is 0.357. The third-order valence-corrected chi connectivity index (χ3v) is 3.31. The highest BCUT2D eigenvalue weighted by Gasteiger charge is 2.25. The molecule has 4 N–H and O–H groups in total. The molecule has 1 aliphatic rings. The van der Waals surface area contributed by atoms with E-state index >= 15 is 0 Å². The molecule has 0 unspecified atom stereocenters. The van der Waals surface area contributed by atoms with E-state index in [1.54, 1.807) is 24.3 Å². The van der Waals surface area contributed by atoms with Crippen molar-refractivity contribution in [3.8, 4) is 0 Å². The van der Waals surface area contributed by atoms with Crippen LogP contribution in [-0.2, 0) is 9.59 Å². The second-order valence-corrected chi connectivity index (χ2v) is 4.84. The van der Waals surface area contributed by atoms with Crippen LogP contribution in [0.4, 0.5) is 5.69 Å². The normalized spacial score (nSPS) is 14.2. The lowest BCUT2D eigenvalue weighted by atomic mass is 9.85. The summed E-state index contributed by atoms with van der Waals surface area (Å²) in [6.45, 7) is -0.195. The maximum atomic E-state index is 11.7. The number of amides is 3. The lowest BCUT2D eigenvalue weighted by molar-refractivity contribution is -0.122. The molecule has 0 aromatic heterocycles. The number of rotatable bonds is 5. The Labute approximate surface area is 116 Å². The van der Waals surface area contributed by atoms with Gasteiger partial charge in [0.15, 0.2) is 0 Å². The molecule has 1 saturated carbocycles. The third-order valence-electron chi connectivity index (χ3n) is 3.31. The van der Waals surface area contributed by atoms with E-state index in [0.29, 0.717) is 11.3 Å². The number of benzene rings is 1. The van der Waals surface area contributed by atoms with E-state index in [-0.39, 0.29) is 24.3 Å². The summed E-state index contributed by atoms with van der Waals surface area (Å²) in [5.41, 5.74) is 6.01. The van der Waals surface area contributed by atoms with Crippen LogP contribution in [0.2, 0.25) is 0 Å². The molecule has 0 spiro atoms. The topological polar surface area (TPSA) is 101 Å². The summed E-state index contributed by atoms with van der Waals surface area (Å²) in [5.74, 6) is -0.820. The van der Waals surface area contributed by atoms with E-state index in [9.17, 15) is 14.4 Å². The predicted octanol–water partition coefficient (Wildman–Crippen LogP) is 0.640. The Morgan fingerprint density at radius 1 is 1.15 bits per heavy atom. The molecular weight excluding hydrogens is 258 g/mol. The minimum Gasteiger partial charge on any atom is -0.368 e. The van der Waals surface area contributed by atoms with Crippen molar-refractivity contribution in [1.29, 1.82) is 0 Å². The van der Waals surface area contributed by atoms with Crippen LogP contribution in [0.5, 0.6) is 0 Å². The molecule has 6 nitrogen and oxygen atoms in total. The fourth-order valence-corrected chi connectivity index (χ4v) is 1.89. The van der Waals surface area contributed by atoms with Crippen LogP contribution in [0.1, 0.15) is 29.6 Å². The first-order chi connectivity index (χ1) is 9.56. The lowest BCUT2D eigenvalue weighted by Crippen LogP contribution is -2.33. The molecule has 0 heterocycles. The zero-order chi connectivity index (χ0) is 14.5. The van der Waals surface area contributed by atoms with Crippen LogP contribution in [0.3, 0.4) is 0 Å². The molecule has 6 heteroatoms. The average molecular weight is 275 g/mol. The molecule has 0 aliphatic heterocycles. The van der Waals surface area contributed by atoms with Crippen LogP contribution >= 0.6 is 0 Å². The highest BCUT2D eigenvalue weighted by Crippen LogP contribution is 2.27. The van der Waals surface area contributed by atoms with Gasteiger partial charge in [-0.25, -0.2) is 0 Å². The highest BCUT2D eigenvalue weighted by molar-refractivity contribution is 5.97. The first-order valence-corrected chi connectivity index (χ1v) is 6.53. The number of nitrogens with one attached hydrogen (secondary N) is 2. The number of anilines is 1. The van der Waals surface area contributed by atoms with Crippen molar-refractivity contribution in [2.75, 3.05) is 11.9 Å². The molecule has 0 bridgehead atoms. The number of hydrogen-bond donors (Lipinski definition) is 3. The van der Waals surface area contributed by atoms with Crippen molar-refractivity contribution in [2.45, 2.75) is 19.3 Å². The van der Waals surface area contributed by atoms with Crippen LogP contribution in [-0.4, -0.2) is 24.3 Å². The second-order valence-electron chi connectivity index (χ2n) is 4.84. The van der Waals surface area contributed by atoms with E-state index < -0.39 is 5.91 Å². The van der Waals surface area contributed by atoms with Gasteiger partial charge in [-0.05, 0) is 37.1 Å². The Morgan fingerprint density at radius 3 is 2.30 bits per heavy atom. The maximum absolute atomic E-state index is 11.7. The quantitative estimate of drug-likeness (QED) is 0.735. The Kier molecular flexibility index (Phi) is 4.34.